The van der Waals surface area contributed by atoms with Gasteiger partial charge in [-0.25, -0.2) is 0 Å². The van der Waals surface area contributed by atoms with Crippen molar-refractivity contribution in [3.63, 3.8) is 0 Å². The monoisotopic (exact) mass is 525 g/mol. The molecule has 0 radical (unpaired) electrons. The number of carbonyl (C=O) groups is 3. The number of hydrogen-bond acceptors (Lipinski definition) is 3. The molecule has 0 spiro atoms. The van der Waals surface area contributed by atoms with Gasteiger partial charge in [0.2, 0.25) is 11.8 Å². The van der Waals surface area contributed by atoms with Crippen LogP contribution in [0.1, 0.15) is 49.5 Å². The molecule has 1 N–H and O–H groups in total. The molecular weight excluding hydrogens is 497 g/mol. The molecule has 6 nitrogen and oxygen atoms in total. The van der Waals surface area contributed by atoms with Crippen LogP contribution < -0.4 is 10.2 Å². The second-order valence-electron chi connectivity index (χ2n) is 9.04. The topological polar surface area (TPSA) is 69.7 Å². The summed E-state index contributed by atoms with van der Waals surface area (Å²) in [6, 6.07) is 15.5. The van der Waals surface area contributed by atoms with Crippen LogP contribution in [-0.4, -0.2) is 41.2 Å². The van der Waals surface area contributed by atoms with Gasteiger partial charge >= 0.3 is 0 Å². The molecule has 8 heteroatoms. The van der Waals surface area contributed by atoms with Crippen molar-refractivity contribution in [3.05, 3.63) is 75.8 Å². The van der Waals surface area contributed by atoms with Crippen molar-refractivity contribution in [2.45, 2.75) is 52.2 Å². The second kappa shape index (κ2) is 10.9. The van der Waals surface area contributed by atoms with Crippen LogP contribution in [0.4, 0.5) is 5.69 Å². The minimum absolute atomic E-state index is 0.0420. The predicted octanol–water partition coefficient (Wildman–Crippen LogP) is 5.83. The van der Waals surface area contributed by atoms with E-state index in [0.29, 0.717) is 33.3 Å². The third kappa shape index (κ3) is 4.93. The molecule has 2 atom stereocenters. The minimum Gasteiger partial charge on any atom is -0.352 e. The van der Waals surface area contributed by atoms with E-state index in [9.17, 15) is 14.4 Å². The molecule has 36 heavy (non-hydrogen) atoms. The molecule has 0 aliphatic carbocycles. The van der Waals surface area contributed by atoms with E-state index in [-0.39, 0.29) is 36.9 Å². The molecule has 0 unspecified atom stereocenters. The van der Waals surface area contributed by atoms with Crippen molar-refractivity contribution >= 4 is 57.4 Å². The molecule has 1 heterocycles. The molecule has 0 saturated carbocycles. The van der Waals surface area contributed by atoms with E-state index in [1.54, 1.807) is 24.3 Å². The van der Waals surface area contributed by atoms with E-state index < -0.39 is 6.04 Å². The second-order valence-corrected chi connectivity index (χ2v) is 9.85. The van der Waals surface area contributed by atoms with Crippen LogP contribution in [0, 0.1) is 0 Å². The fourth-order valence-corrected chi connectivity index (χ4v) is 5.09. The molecule has 0 bridgehead atoms. The average Bonchev–Trinajstić information content (AvgIpc) is 3.13. The lowest BCUT2D eigenvalue weighted by atomic mass is 10.1. The van der Waals surface area contributed by atoms with Crippen LogP contribution in [0.5, 0.6) is 0 Å². The van der Waals surface area contributed by atoms with E-state index in [4.69, 9.17) is 23.2 Å². The summed E-state index contributed by atoms with van der Waals surface area (Å²) in [5.41, 5.74) is 1.81. The smallest absolute Gasteiger partial charge is 0.259 e. The van der Waals surface area contributed by atoms with Gasteiger partial charge in [-0.05, 0) is 49.4 Å². The maximum atomic E-state index is 13.9. The zero-order valence-corrected chi connectivity index (χ0v) is 22.1. The lowest BCUT2D eigenvalue weighted by Gasteiger charge is -2.33. The molecule has 1 aliphatic rings. The normalized spacial score (nSPS) is 14.1. The Hall–Kier alpha value is -3.09. The van der Waals surface area contributed by atoms with Crippen molar-refractivity contribution in [1.29, 1.82) is 0 Å². The van der Waals surface area contributed by atoms with Gasteiger partial charge in [0.05, 0.1) is 5.69 Å². The lowest BCUT2D eigenvalue weighted by molar-refractivity contribution is -0.140. The van der Waals surface area contributed by atoms with Crippen LogP contribution in [-0.2, 0) is 16.1 Å². The first-order valence-corrected chi connectivity index (χ1v) is 12.9. The van der Waals surface area contributed by atoms with Gasteiger partial charge in [0.25, 0.3) is 5.91 Å². The highest BCUT2D eigenvalue weighted by atomic mass is 35.5. The van der Waals surface area contributed by atoms with E-state index in [0.717, 1.165) is 17.2 Å². The molecule has 3 aromatic rings. The van der Waals surface area contributed by atoms with Crippen LogP contribution in [0.25, 0.3) is 10.8 Å². The first kappa shape index (κ1) is 26.0. The molecule has 0 fully saturated rings. The van der Waals surface area contributed by atoms with E-state index in [1.807, 2.05) is 51.1 Å². The molecular formula is C28H29Cl2N3O3. The third-order valence-electron chi connectivity index (χ3n) is 6.72. The summed E-state index contributed by atoms with van der Waals surface area (Å²) in [5.74, 6) is -0.847. The SMILES string of the molecule is CC[C@@H](C)NC(=O)[C@H](CC)N(Cc1c(Cl)cccc1Cl)C(=O)CN1C(=O)c2cccc3cccc1c23. The summed E-state index contributed by atoms with van der Waals surface area (Å²) in [7, 11) is 0. The Kier molecular flexibility index (Phi) is 7.86. The highest BCUT2D eigenvalue weighted by Crippen LogP contribution is 2.37. The maximum absolute atomic E-state index is 13.9. The maximum Gasteiger partial charge on any atom is 0.259 e. The van der Waals surface area contributed by atoms with Gasteiger partial charge in [-0.3, -0.25) is 19.3 Å². The van der Waals surface area contributed by atoms with Crippen molar-refractivity contribution in [1.82, 2.24) is 10.2 Å². The van der Waals surface area contributed by atoms with Gasteiger partial charge in [0, 0.05) is 39.1 Å². The van der Waals surface area contributed by atoms with Gasteiger partial charge < -0.3 is 10.2 Å². The lowest BCUT2D eigenvalue weighted by Crippen LogP contribution is -2.53. The van der Waals surface area contributed by atoms with Gasteiger partial charge in [0.15, 0.2) is 0 Å². The summed E-state index contributed by atoms with van der Waals surface area (Å²) in [6.45, 7) is 5.59. The Bertz CT molecular complexity index is 1300. The Labute approximate surface area is 221 Å². The Morgan fingerprint density at radius 1 is 0.972 bits per heavy atom. The number of carbonyl (C=O) groups excluding carboxylic acids is 3. The van der Waals surface area contributed by atoms with Crippen LogP contribution >= 0.6 is 23.2 Å². The van der Waals surface area contributed by atoms with Crippen molar-refractivity contribution in [3.8, 4) is 0 Å². The van der Waals surface area contributed by atoms with Crippen LogP contribution in [0.2, 0.25) is 10.0 Å². The Morgan fingerprint density at radius 2 is 1.61 bits per heavy atom. The van der Waals surface area contributed by atoms with Crippen molar-refractivity contribution in [2.75, 3.05) is 11.4 Å². The number of rotatable bonds is 9. The summed E-state index contributed by atoms with van der Waals surface area (Å²) in [5, 5.41) is 5.57. The summed E-state index contributed by atoms with van der Waals surface area (Å²) < 4.78 is 0. The summed E-state index contributed by atoms with van der Waals surface area (Å²) >= 11 is 12.9. The predicted molar refractivity (Wildman–Crippen MR) is 145 cm³/mol. The van der Waals surface area contributed by atoms with Crippen molar-refractivity contribution < 1.29 is 14.4 Å². The highest BCUT2D eigenvalue weighted by Gasteiger charge is 2.35. The molecule has 188 valence electrons. The Balaban J connectivity index is 1.68. The summed E-state index contributed by atoms with van der Waals surface area (Å²) in [6.07, 6.45) is 1.15. The highest BCUT2D eigenvalue weighted by molar-refractivity contribution is 6.36. The molecule has 3 aromatic carbocycles. The Morgan fingerprint density at radius 3 is 2.25 bits per heavy atom. The molecule has 3 amide bonds. The number of anilines is 1. The number of halogens is 2. The fourth-order valence-electron chi connectivity index (χ4n) is 4.58. The standard InChI is InChI=1S/C28H29Cl2N3O3/c1-4-17(3)31-27(35)23(5-2)32(15-20-21(29)12-8-13-22(20)30)25(34)16-33-24-14-7-10-18-9-6-11-19(26(18)24)28(33)36/h6-14,17,23H,4-5,15-16H2,1-3H3,(H,31,35)/t17-,23+/m1/s1. The number of amides is 3. The third-order valence-corrected chi connectivity index (χ3v) is 7.43. The molecule has 0 saturated heterocycles. The quantitative estimate of drug-likeness (QED) is 0.382. The van der Waals surface area contributed by atoms with Crippen LogP contribution in [0.3, 0.4) is 0 Å². The summed E-state index contributed by atoms with van der Waals surface area (Å²) in [4.78, 5) is 43.4. The van der Waals surface area contributed by atoms with E-state index in [1.165, 1.54) is 9.80 Å². The number of benzene rings is 3. The van der Waals surface area contributed by atoms with Gasteiger partial charge in [-0.15, -0.1) is 0 Å². The first-order valence-electron chi connectivity index (χ1n) is 12.1. The average molecular weight is 526 g/mol. The largest absolute Gasteiger partial charge is 0.352 e. The van der Waals surface area contributed by atoms with Crippen LogP contribution in [0.15, 0.2) is 54.6 Å². The minimum atomic E-state index is -0.755. The zero-order chi connectivity index (χ0) is 26.0. The zero-order valence-electron chi connectivity index (χ0n) is 20.6. The fraction of sp³-hybridized carbons (Fsp3) is 0.321. The first-order chi connectivity index (χ1) is 17.3. The molecule has 0 aromatic heterocycles. The van der Waals surface area contributed by atoms with Crippen molar-refractivity contribution in [2.24, 2.45) is 0 Å². The van der Waals surface area contributed by atoms with Gasteiger partial charge in [0.1, 0.15) is 12.6 Å². The van der Waals surface area contributed by atoms with Gasteiger partial charge in [-0.1, -0.05) is 67.4 Å². The number of nitrogens with zero attached hydrogens (tertiary/aromatic N) is 2. The van der Waals surface area contributed by atoms with E-state index in [2.05, 4.69) is 5.32 Å². The van der Waals surface area contributed by atoms with E-state index >= 15 is 0 Å². The molecule has 1 aliphatic heterocycles. The number of nitrogens with one attached hydrogen (secondary N) is 1. The number of hydrogen-bond donors (Lipinski definition) is 1. The molecule has 4 rings (SSSR count). The van der Waals surface area contributed by atoms with Gasteiger partial charge in [-0.2, -0.15) is 0 Å².